The number of carbonyl (C=O) groups excluding carboxylic acids is 1. The van der Waals surface area contributed by atoms with Crippen LogP contribution < -0.4 is 10.6 Å². The standard InChI is InChI=1S/C11H21N3O2/c15-11(10-1-2-12-9-10)13-3-4-14-5-7-16-8-6-14/h10,12H,1-9H2,(H,13,15)/t10-/m1/s1. The SMILES string of the molecule is O=C(NCCN1CCOCC1)[C@@H]1CCNC1. The third-order valence-corrected chi connectivity index (χ3v) is 3.26. The average molecular weight is 227 g/mol. The highest BCUT2D eigenvalue weighted by atomic mass is 16.5. The van der Waals surface area contributed by atoms with Gasteiger partial charge in [-0.05, 0) is 13.0 Å². The van der Waals surface area contributed by atoms with Crippen LogP contribution >= 0.6 is 0 Å². The van der Waals surface area contributed by atoms with Crippen molar-refractivity contribution in [3.8, 4) is 0 Å². The van der Waals surface area contributed by atoms with E-state index in [1.165, 1.54) is 0 Å². The molecule has 0 unspecified atom stereocenters. The molecule has 0 bridgehead atoms. The summed E-state index contributed by atoms with van der Waals surface area (Å²) < 4.78 is 5.27. The van der Waals surface area contributed by atoms with E-state index in [0.29, 0.717) is 0 Å². The molecule has 0 aliphatic carbocycles. The molecule has 1 atom stereocenters. The highest BCUT2D eigenvalue weighted by molar-refractivity contribution is 5.79. The lowest BCUT2D eigenvalue weighted by molar-refractivity contribution is -0.124. The Morgan fingerprint density at radius 2 is 2.25 bits per heavy atom. The van der Waals surface area contributed by atoms with Gasteiger partial charge in [-0.1, -0.05) is 0 Å². The van der Waals surface area contributed by atoms with Crippen LogP contribution in [0, 0.1) is 5.92 Å². The van der Waals surface area contributed by atoms with Gasteiger partial charge in [0.05, 0.1) is 19.1 Å². The Balaban J connectivity index is 1.57. The van der Waals surface area contributed by atoms with E-state index in [9.17, 15) is 4.79 Å². The fourth-order valence-corrected chi connectivity index (χ4v) is 2.18. The minimum Gasteiger partial charge on any atom is -0.379 e. The Labute approximate surface area is 96.5 Å². The molecule has 2 aliphatic heterocycles. The summed E-state index contributed by atoms with van der Waals surface area (Å²) in [5, 5.41) is 6.22. The zero-order chi connectivity index (χ0) is 11.2. The number of amides is 1. The van der Waals surface area contributed by atoms with Gasteiger partial charge in [0.2, 0.25) is 5.91 Å². The maximum Gasteiger partial charge on any atom is 0.224 e. The molecule has 2 fully saturated rings. The highest BCUT2D eigenvalue weighted by Gasteiger charge is 2.21. The van der Waals surface area contributed by atoms with Crippen molar-refractivity contribution >= 4 is 5.91 Å². The molecule has 92 valence electrons. The van der Waals surface area contributed by atoms with Crippen molar-refractivity contribution in [2.75, 3.05) is 52.5 Å². The third-order valence-electron chi connectivity index (χ3n) is 3.26. The minimum atomic E-state index is 0.185. The number of ether oxygens (including phenoxy) is 1. The predicted molar refractivity (Wildman–Crippen MR) is 61.2 cm³/mol. The first-order valence-corrected chi connectivity index (χ1v) is 6.15. The molecule has 0 saturated carbocycles. The zero-order valence-corrected chi connectivity index (χ0v) is 9.71. The quantitative estimate of drug-likeness (QED) is 0.650. The topological polar surface area (TPSA) is 53.6 Å². The average Bonchev–Trinajstić information content (AvgIpc) is 2.84. The van der Waals surface area contributed by atoms with Crippen LogP contribution in [0.3, 0.4) is 0 Å². The normalized spacial score (nSPS) is 26.9. The van der Waals surface area contributed by atoms with Crippen molar-refractivity contribution < 1.29 is 9.53 Å². The van der Waals surface area contributed by atoms with E-state index in [0.717, 1.165) is 58.9 Å². The van der Waals surface area contributed by atoms with Crippen LogP contribution in [0.25, 0.3) is 0 Å². The van der Waals surface area contributed by atoms with Gasteiger partial charge in [-0.3, -0.25) is 9.69 Å². The fourth-order valence-electron chi connectivity index (χ4n) is 2.18. The van der Waals surface area contributed by atoms with E-state index in [2.05, 4.69) is 15.5 Å². The van der Waals surface area contributed by atoms with Crippen LogP contribution in [0.15, 0.2) is 0 Å². The first kappa shape index (κ1) is 11.8. The Morgan fingerprint density at radius 3 is 2.94 bits per heavy atom. The molecule has 16 heavy (non-hydrogen) atoms. The summed E-state index contributed by atoms with van der Waals surface area (Å²) in [5.74, 6) is 0.392. The molecule has 5 heteroatoms. The second-order valence-corrected chi connectivity index (χ2v) is 4.43. The summed E-state index contributed by atoms with van der Waals surface area (Å²) in [6.45, 7) is 7.12. The molecular weight excluding hydrogens is 206 g/mol. The second kappa shape index (κ2) is 6.18. The molecule has 2 aliphatic rings. The van der Waals surface area contributed by atoms with E-state index >= 15 is 0 Å². The summed E-state index contributed by atoms with van der Waals surface area (Å²) in [7, 11) is 0. The zero-order valence-electron chi connectivity index (χ0n) is 9.71. The van der Waals surface area contributed by atoms with Crippen molar-refractivity contribution in [3.05, 3.63) is 0 Å². The van der Waals surface area contributed by atoms with Gasteiger partial charge in [0.15, 0.2) is 0 Å². The van der Waals surface area contributed by atoms with Crippen LogP contribution in [0.1, 0.15) is 6.42 Å². The van der Waals surface area contributed by atoms with E-state index in [-0.39, 0.29) is 11.8 Å². The molecule has 2 heterocycles. The van der Waals surface area contributed by atoms with Crippen LogP contribution in [0.4, 0.5) is 0 Å². The Bertz CT molecular complexity index is 223. The van der Waals surface area contributed by atoms with Crippen molar-refractivity contribution in [3.63, 3.8) is 0 Å². The summed E-state index contributed by atoms with van der Waals surface area (Å²) in [4.78, 5) is 14.0. The maximum atomic E-state index is 11.7. The molecule has 0 aromatic heterocycles. The summed E-state index contributed by atoms with van der Waals surface area (Å²) >= 11 is 0. The largest absolute Gasteiger partial charge is 0.379 e. The van der Waals surface area contributed by atoms with Crippen LogP contribution in [-0.2, 0) is 9.53 Å². The smallest absolute Gasteiger partial charge is 0.224 e. The number of hydrogen-bond donors (Lipinski definition) is 2. The van der Waals surface area contributed by atoms with Gasteiger partial charge in [-0.2, -0.15) is 0 Å². The van der Waals surface area contributed by atoms with Gasteiger partial charge in [0, 0.05) is 32.7 Å². The number of morpholine rings is 1. The highest BCUT2D eigenvalue weighted by Crippen LogP contribution is 2.06. The Kier molecular flexibility index (Phi) is 4.56. The lowest BCUT2D eigenvalue weighted by Crippen LogP contribution is -2.42. The first-order valence-electron chi connectivity index (χ1n) is 6.15. The molecule has 0 radical (unpaired) electrons. The molecule has 1 amide bonds. The maximum absolute atomic E-state index is 11.7. The number of rotatable bonds is 4. The predicted octanol–water partition coefficient (Wildman–Crippen LogP) is -0.956. The molecule has 2 rings (SSSR count). The van der Waals surface area contributed by atoms with Crippen molar-refractivity contribution in [2.24, 2.45) is 5.92 Å². The molecule has 0 aromatic rings. The lowest BCUT2D eigenvalue weighted by Gasteiger charge is -2.26. The lowest BCUT2D eigenvalue weighted by atomic mass is 10.1. The van der Waals surface area contributed by atoms with Crippen LogP contribution in [0.5, 0.6) is 0 Å². The van der Waals surface area contributed by atoms with Crippen molar-refractivity contribution in [2.45, 2.75) is 6.42 Å². The van der Waals surface area contributed by atoms with E-state index in [1.807, 2.05) is 0 Å². The fraction of sp³-hybridized carbons (Fsp3) is 0.909. The summed E-state index contributed by atoms with van der Waals surface area (Å²) in [5.41, 5.74) is 0. The van der Waals surface area contributed by atoms with Gasteiger partial charge in [-0.15, -0.1) is 0 Å². The van der Waals surface area contributed by atoms with Crippen molar-refractivity contribution in [1.29, 1.82) is 0 Å². The van der Waals surface area contributed by atoms with Gasteiger partial charge >= 0.3 is 0 Å². The van der Waals surface area contributed by atoms with E-state index in [1.54, 1.807) is 0 Å². The second-order valence-electron chi connectivity index (χ2n) is 4.43. The minimum absolute atomic E-state index is 0.185. The molecule has 2 saturated heterocycles. The summed E-state index contributed by atoms with van der Waals surface area (Å²) in [6.07, 6.45) is 0.976. The number of nitrogens with one attached hydrogen (secondary N) is 2. The van der Waals surface area contributed by atoms with Crippen molar-refractivity contribution in [1.82, 2.24) is 15.5 Å². The van der Waals surface area contributed by atoms with Crippen LogP contribution in [0.2, 0.25) is 0 Å². The van der Waals surface area contributed by atoms with Gasteiger partial charge in [-0.25, -0.2) is 0 Å². The van der Waals surface area contributed by atoms with Gasteiger partial charge in [0.25, 0.3) is 0 Å². The number of carbonyl (C=O) groups is 1. The Morgan fingerprint density at radius 1 is 1.44 bits per heavy atom. The number of nitrogens with zero attached hydrogens (tertiary/aromatic N) is 1. The van der Waals surface area contributed by atoms with E-state index in [4.69, 9.17) is 4.74 Å². The molecule has 0 aromatic carbocycles. The monoisotopic (exact) mass is 227 g/mol. The third kappa shape index (κ3) is 3.43. The van der Waals surface area contributed by atoms with Gasteiger partial charge < -0.3 is 15.4 Å². The van der Waals surface area contributed by atoms with E-state index < -0.39 is 0 Å². The van der Waals surface area contributed by atoms with Crippen LogP contribution in [-0.4, -0.2) is 63.3 Å². The molecule has 2 N–H and O–H groups in total. The molecule has 5 nitrogen and oxygen atoms in total. The first-order chi connectivity index (χ1) is 7.86. The number of hydrogen-bond acceptors (Lipinski definition) is 4. The Hall–Kier alpha value is -0.650. The molecular formula is C11H21N3O2. The molecule has 0 spiro atoms. The summed E-state index contributed by atoms with van der Waals surface area (Å²) in [6, 6.07) is 0. The van der Waals surface area contributed by atoms with Gasteiger partial charge in [0.1, 0.15) is 0 Å².